The number of nitrogens with zero attached hydrogens (tertiary/aromatic N) is 1. The van der Waals surface area contributed by atoms with Crippen LogP contribution >= 0.6 is 0 Å². The van der Waals surface area contributed by atoms with Crippen LogP contribution in [0, 0.1) is 11.6 Å². The van der Waals surface area contributed by atoms with Gasteiger partial charge >= 0.3 is 18.2 Å². The fourth-order valence-corrected chi connectivity index (χ4v) is 1.38. The van der Waals surface area contributed by atoms with E-state index < -0.39 is 48.6 Å². The molecule has 0 heterocycles. The Morgan fingerprint density at radius 3 is 2.14 bits per heavy atom. The van der Waals surface area contributed by atoms with Gasteiger partial charge in [0.15, 0.2) is 0 Å². The van der Waals surface area contributed by atoms with Gasteiger partial charge in [-0.2, -0.15) is 13.2 Å². The number of nitrogens with one attached hydrogen (secondary N) is 1. The Balaban J connectivity index is 2.93. The van der Waals surface area contributed by atoms with Crippen LogP contribution in [0.25, 0.3) is 0 Å². The lowest BCUT2D eigenvalue weighted by molar-refractivity contribution is -0.148. The van der Waals surface area contributed by atoms with Crippen molar-refractivity contribution in [1.82, 2.24) is 4.90 Å². The number of amides is 2. The number of benzene rings is 1. The molecule has 0 aliphatic carbocycles. The molecule has 1 rings (SSSR count). The first kappa shape index (κ1) is 16.7. The number of aliphatic carboxylic acids is 1. The molecule has 21 heavy (non-hydrogen) atoms. The van der Waals surface area contributed by atoms with Crippen molar-refractivity contribution in [3.05, 3.63) is 29.8 Å². The van der Waals surface area contributed by atoms with Crippen molar-refractivity contribution < 1.29 is 36.6 Å². The number of carboxylic acids is 1. The summed E-state index contributed by atoms with van der Waals surface area (Å²) in [4.78, 5) is 21.9. The van der Waals surface area contributed by atoms with Crippen LogP contribution in [0.3, 0.4) is 0 Å². The summed E-state index contributed by atoms with van der Waals surface area (Å²) in [6.45, 7) is -3.15. The van der Waals surface area contributed by atoms with E-state index in [0.717, 1.165) is 18.2 Å². The minimum absolute atomic E-state index is 0.131. The second-order valence-electron chi connectivity index (χ2n) is 3.89. The first-order valence-electron chi connectivity index (χ1n) is 5.38. The largest absolute Gasteiger partial charge is 0.480 e. The summed E-state index contributed by atoms with van der Waals surface area (Å²) < 4.78 is 63.3. The molecule has 0 atom stereocenters. The number of alkyl halides is 3. The van der Waals surface area contributed by atoms with Crippen LogP contribution in [0.15, 0.2) is 18.2 Å². The van der Waals surface area contributed by atoms with E-state index >= 15 is 0 Å². The van der Waals surface area contributed by atoms with E-state index in [0.29, 0.717) is 0 Å². The summed E-state index contributed by atoms with van der Waals surface area (Å²) >= 11 is 0. The van der Waals surface area contributed by atoms with Crippen molar-refractivity contribution in [2.75, 3.05) is 18.4 Å². The van der Waals surface area contributed by atoms with E-state index in [1.54, 1.807) is 5.32 Å². The number of para-hydroxylation sites is 1. The quantitative estimate of drug-likeness (QED) is 0.839. The molecule has 0 aliphatic rings. The summed E-state index contributed by atoms with van der Waals surface area (Å²) in [6, 6.07) is 0.970. The Morgan fingerprint density at radius 2 is 1.71 bits per heavy atom. The van der Waals surface area contributed by atoms with Gasteiger partial charge in [-0.1, -0.05) is 6.07 Å². The Bertz CT molecular complexity index is 527. The standard InChI is InChI=1S/C11H9F5N2O3/c12-6-2-1-3-7(13)9(6)17-10(21)18(4-8(19)20)5-11(14,15)16/h1-3H,4-5H2,(H,17,21)(H,19,20). The molecule has 1 aromatic rings. The lowest BCUT2D eigenvalue weighted by Crippen LogP contribution is -2.44. The number of carbonyl (C=O) groups excluding carboxylic acids is 1. The van der Waals surface area contributed by atoms with Gasteiger partial charge in [0.25, 0.3) is 0 Å². The van der Waals surface area contributed by atoms with Gasteiger partial charge < -0.3 is 15.3 Å². The maximum Gasteiger partial charge on any atom is 0.406 e. The average molecular weight is 312 g/mol. The summed E-state index contributed by atoms with van der Waals surface area (Å²) in [5.74, 6) is -4.11. The van der Waals surface area contributed by atoms with Crippen molar-refractivity contribution in [3.8, 4) is 0 Å². The van der Waals surface area contributed by atoms with Gasteiger partial charge in [0.2, 0.25) is 0 Å². The van der Waals surface area contributed by atoms with Crippen LogP contribution in [0.5, 0.6) is 0 Å². The maximum absolute atomic E-state index is 13.3. The van der Waals surface area contributed by atoms with Gasteiger partial charge in [-0.3, -0.25) is 4.79 Å². The number of hydrogen-bond donors (Lipinski definition) is 2. The van der Waals surface area contributed by atoms with Crippen molar-refractivity contribution in [2.24, 2.45) is 0 Å². The number of anilines is 1. The third kappa shape index (κ3) is 5.24. The molecule has 0 saturated heterocycles. The number of hydrogen-bond acceptors (Lipinski definition) is 2. The lowest BCUT2D eigenvalue weighted by atomic mass is 10.3. The van der Waals surface area contributed by atoms with Crippen molar-refractivity contribution in [3.63, 3.8) is 0 Å². The van der Waals surface area contributed by atoms with E-state index in [4.69, 9.17) is 5.11 Å². The molecule has 5 nitrogen and oxygen atoms in total. The zero-order chi connectivity index (χ0) is 16.2. The number of halogens is 5. The molecule has 10 heteroatoms. The highest BCUT2D eigenvalue weighted by atomic mass is 19.4. The molecule has 2 N–H and O–H groups in total. The average Bonchev–Trinajstić information content (AvgIpc) is 2.30. The zero-order valence-corrected chi connectivity index (χ0v) is 10.2. The fourth-order valence-electron chi connectivity index (χ4n) is 1.38. The smallest absolute Gasteiger partial charge is 0.406 e. The third-order valence-corrected chi connectivity index (χ3v) is 2.18. The monoisotopic (exact) mass is 312 g/mol. The highest BCUT2D eigenvalue weighted by Crippen LogP contribution is 2.20. The van der Waals surface area contributed by atoms with Gasteiger partial charge in [0, 0.05) is 0 Å². The van der Waals surface area contributed by atoms with E-state index in [1.807, 2.05) is 0 Å². The number of carboxylic acid groups (broad SMARTS) is 1. The van der Waals surface area contributed by atoms with Gasteiger partial charge in [-0.05, 0) is 12.1 Å². The van der Waals surface area contributed by atoms with Crippen molar-refractivity contribution in [2.45, 2.75) is 6.18 Å². The molecule has 2 amide bonds. The molecule has 0 bridgehead atoms. The summed E-state index contributed by atoms with van der Waals surface area (Å²) in [7, 11) is 0. The number of carbonyl (C=O) groups is 2. The minimum atomic E-state index is -4.86. The van der Waals surface area contributed by atoms with Gasteiger partial charge in [0.1, 0.15) is 30.4 Å². The lowest BCUT2D eigenvalue weighted by Gasteiger charge is -2.22. The van der Waals surface area contributed by atoms with E-state index in [1.165, 1.54) is 0 Å². The van der Waals surface area contributed by atoms with Crippen LogP contribution in [-0.2, 0) is 4.79 Å². The molecule has 1 aromatic carbocycles. The topological polar surface area (TPSA) is 69.6 Å². The van der Waals surface area contributed by atoms with Crippen molar-refractivity contribution >= 4 is 17.7 Å². The first-order valence-corrected chi connectivity index (χ1v) is 5.38. The second kappa shape index (κ2) is 6.37. The van der Waals surface area contributed by atoms with Crippen LogP contribution in [0.2, 0.25) is 0 Å². The summed E-state index contributed by atoms with van der Waals surface area (Å²) in [6.07, 6.45) is -4.86. The fraction of sp³-hybridized carbons (Fsp3) is 0.273. The van der Waals surface area contributed by atoms with Crippen LogP contribution in [0.4, 0.5) is 32.4 Å². The highest BCUT2D eigenvalue weighted by Gasteiger charge is 2.34. The third-order valence-electron chi connectivity index (χ3n) is 2.18. The van der Waals surface area contributed by atoms with E-state index in [-0.39, 0.29) is 4.90 Å². The molecule has 0 radical (unpaired) electrons. The normalized spacial score (nSPS) is 11.1. The van der Waals surface area contributed by atoms with Crippen molar-refractivity contribution in [1.29, 1.82) is 0 Å². The van der Waals surface area contributed by atoms with E-state index in [9.17, 15) is 31.5 Å². The Hall–Kier alpha value is -2.39. The second-order valence-corrected chi connectivity index (χ2v) is 3.89. The van der Waals surface area contributed by atoms with E-state index in [2.05, 4.69) is 0 Å². The summed E-state index contributed by atoms with van der Waals surface area (Å²) in [5, 5.41) is 10.0. The van der Waals surface area contributed by atoms with Gasteiger partial charge in [0.05, 0.1) is 0 Å². The van der Waals surface area contributed by atoms with Crippen LogP contribution in [0.1, 0.15) is 0 Å². The minimum Gasteiger partial charge on any atom is -0.480 e. The molecule has 0 saturated carbocycles. The maximum atomic E-state index is 13.3. The van der Waals surface area contributed by atoms with Gasteiger partial charge in [-0.15, -0.1) is 0 Å². The first-order chi connectivity index (χ1) is 9.60. The van der Waals surface area contributed by atoms with Crippen LogP contribution < -0.4 is 5.32 Å². The predicted molar refractivity (Wildman–Crippen MR) is 60.6 cm³/mol. The van der Waals surface area contributed by atoms with Crippen LogP contribution in [-0.4, -0.2) is 41.3 Å². The Labute approximate surface area is 115 Å². The predicted octanol–water partition coefficient (Wildman–Crippen LogP) is 2.45. The SMILES string of the molecule is O=C(O)CN(CC(F)(F)F)C(=O)Nc1c(F)cccc1F. The molecular weight excluding hydrogens is 303 g/mol. The molecule has 0 fully saturated rings. The molecular formula is C11H9F5N2O3. The number of rotatable bonds is 4. The highest BCUT2D eigenvalue weighted by molar-refractivity contribution is 5.91. The number of urea groups is 1. The Kier molecular flexibility index (Phi) is 5.06. The molecule has 0 aromatic heterocycles. The molecule has 116 valence electrons. The summed E-state index contributed by atoms with van der Waals surface area (Å²) in [5.41, 5.74) is -0.958. The molecule has 0 unspecified atom stereocenters. The molecule has 0 aliphatic heterocycles. The molecule has 0 spiro atoms. The van der Waals surface area contributed by atoms with Gasteiger partial charge in [-0.25, -0.2) is 13.6 Å². The Morgan fingerprint density at radius 1 is 1.19 bits per heavy atom. The zero-order valence-electron chi connectivity index (χ0n) is 10.2.